The first-order chi connectivity index (χ1) is 12.4. The molecule has 3 aromatic rings. The van der Waals surface area contributed by atoms with Crippen LogP contribution in [-0.2, 0) is 5.54 Å². The summed E-state index contributed by atoms with van der Waals surface area (Å²) in [6.45, 7) is 2.08. The monoisotopic (exact) mass is 328 g/mol. The van der Waals surface area contributed by atoms with Gasteiger partial charge >= 0.3 is 0 Å². The number of rotatable bonds is 5. The van der Waals surface area contributed by atoms with Crippen molar-refractivity contribution in [1.29, 1.82) is 0 Å². The number of hydrogen-bond acceptors (Lipinski definition) is 2. The van der Waals surface area contributed by atoms with Crippen LogP contribution in [0, 0.1) is 0 Å². The van der Waals surface area contributed by atoms with E-state index in [9.17, 15) is 0 Å². The Labute approximate surface area is 149 Å². The molecule has 2 heteroatoms. The normalized spacial score (nSPS) is 17.5. The summed E-state index contributed by atoms with van der Waals surface area (Å²) < 4.78 is 0. The van der Waals surface area contributed by atoms with Crippen molar-refractivity contribution in [3.63, 3.8) is 0 Å². The molecule has 25 heavy (non-hydrogen) atoms. The minimum atomic E-state index is -0.347. The van der Waals surface area contributed by atoms with Gasteiger partial charge < -0.3 is 5.32 Å². The summed E-state index contributed by atoms with van der Waals surface area (Å²) in [6.07, 6.45) is 1.15. The van der Waals surface area contributed by atoms with Crippen LogP contribution in [0.2, 0.25) is 0 Å². The van der Waals surface area contributed by atoms with Crippen LogP contribution in [0.5, 0.6) is 0 Å². The maximum atomic E-state index is 4.02. The predicted octanol–water partition coefficient (Wildman–Crippen LogP) is 3.93. The summed E-state index contributed by atoms with van der Waals surface area (Å²) >= 11 is 0. The Morgan fingerprint density at radius 3 is 1.48 bits per heavy atom. The summed E-state index contributed by atoms with van der Waals surface area (Å²) in [7, 11) is 0. The average Bonchev–Trinajstić information content (AvgIpc) is 3.21. The molecule has 1 saturated heterocycles. The maximum Gasteiger partial charge on any atom is 0.0950 e. The molecule has 0 spiro atoms. The Balaban J connectivity index is 1.93. The fourth-order valence-corrected chi connectivity index (χ4v) is 3.90. The van der Waals surface area contributed by atoms with Gasteiger partial charge in [-0.3, -0.25) is 5.32 Å². The molecule has 4 rings (SSSR count). The van der Waals surface area contributed by atoms with Gasteiger partial charge in [-0.05, 0) is 29.7 Å². The zero-order valence-corrected chi connectivity index (χ0v) is 14.4. The molecule has 0 aromatic heterocycles. The van der Waals surface area contributed by atoms with E-state index >= 15 is 0 Å². The van der Waals surface area contributed by atoms with Crippen LogP contribution >= 0.6 is 0 Å². The summed E-state index contributed by atoms with van der Waals surface area (Å²) in [5.41, 5.74) is 3.48. The number of nitrogens with one attached hydrogen (secondary N) is 2. The van der Waals surface area contributed by atoms with Gasteiger partial charge in [0.2, 0.25) is 0 Å². The third-order valence-electron chi connectivity index (χ3n) is 5.10. The van der Waals surface area contributed by atoms with Crippen LogP contribution in [0.1, 0.15) is 23.1 Å². The highest BCUT2D eigenvalue weighted by Crippen LogP contribution is 2.37. The lowest BCUT2D eigenvalue weighted by molar-refractivity contribution is 0.406. The molecule has 1 heterocycles. The number of hydrogen-bond donors (Lipinski definition) is 2. The van der Waals surface area contributed by atoms with Gasteiger partial charge in [-0.1, -0.05) is 91.0 Å². The molecule has 1 fully saturated rings. The quantitative estimate of drug-likeness (QED) is 0.694. The van der Waals surface area contributed by atoms with Gasteiger partial charge in [-0.2, -0.15) is 0 Å². The Kier molecular flexibility index (Phi) is 4.64. The van der Waals surface area contributed by atoms with E-state index in [0.29, 0.717) is 6.04 Å². The lowest BCUT2D eigenvalue weighted by atomic mass is 9.76. The van der Waals surface area contributed by atoms with Crippen molar-refractivity contribution in [3.8, 4) is 0 Å². The van der Waals surface area contributed by atoms with E-state index in [-0.39, 0.29) is 5.54 Å². The summed E-state index contributed by atoms with van der Waals surface area (Å²) in [5, 5.41) is 7.50. The van der Waals surface area contributed by atoms with E-state index in [2.05, 4.69) is 102 Å². The van der Waals surface area contributed by atoms with Crippen molar-refractivity contribution >= 4 is 0 Å². The fourth-order valence-electron chi connectivity index (χ4n) is 3.90. The second-order valence-corrected chi connectivity index (χ2v) is 6.68. The third kappa shape index (κ3) is 3.11. The molecular formula is C23H24N2. The molecule has 0 amide bonds. The van der Waals surface area contributed by atoms with Crippen molar-refractivity contribution in [2.24, 2.45) is 0 Å². The Morgan fingerprint density at radius 1 is 0.680 bits per heavy atom. The van der Waals surface area contributed by atoms with Gasteiger partial charge in [0, 0.05) is 12.6 Å². The van der Waals surface area contributed by atoms with E-state index in [1.165, 1.54) is 16.7 Å². The Morgan fingerprint density at radius 2 is 1.12 bits per heavy atom. The maximum absolute atomic E-state index is 4.02. The fraction of sp³-hybridized carbons (Fsp3) is 0.217. The lowest BCUT2D eigenvalue weighted by Gasteiger charge is -2.39. The molecule has 0 bridgehead atoms. The SMILES string of the molecule is c1ccc(C(NC2CCNC2)(c2ccccc2)c2ccccc2)cc1. The highest BCUT2D eigenvalue weighted by Gasteiger charge is 2.38. The minimum Gasteiger partial charge on any atom is -0.315 e. The van der Waals surface area contributed by atoms with Crippen molar-refractivity contribution in [1.82, 2.24) is 10.6 Å². The first-order valence-corrected chi connectivity index (χ1v) is 9.04. The number of benzene rings is 3. The first kappa shape index (κ1) is 16.1. The molecule has 3 aromatic carbocycles. The molecule has 1 aliphatic rings. The molecule has 1 atom stereocenters. The Bertz CT molecular complexity index is 681. The average molecular weight is 328 g/mol. The molecule has 1 unspecified atom stereocenters. The molecule has 0 saturated carbocycles. The highest BCUT2D eigenvalue weighted by atomic mass is 15.1. The van der Waals surface area contributed by atoms with Crippen molar-refractivity contribution < 1.29 is 0 Å². The standard InChI is InChI=1S/C23H24N2/c1-4-10-19(11-5-1)23(20-12-6-2-7-13-20,21-14-8-3-9-15-21)25-22-16-17-24-18-22/h1-15,22,24-25H,16-18H2. The molecule has 0 radical (unpaired) electrons. The van der Waals surface area contributed by atoms with E-state index in [1.54, 1.807) is 0 Å². The van der Waals surface area contributed by atoms with Crippen LogP contribution in [0.3, 0.4) is 0 Å². The van der Waals surface area contributed by atoms with E-state index < -0.39 is 0 Å². The summed E-state index contributed by atoms with van der Waals surface area (Å²) in [4.78, 5) is 0. The zero-order valence-electron chi connectivity index (χ0n) is 14.4. The largest absolute Gasteiger partial charge is 0.315 e. The van der Waals surface area contributed by atoms with Gasteiger partial charge in [0.15, 0.2) is 0 Å². The van der Waals surface area contributed by atoms with Gasteiger partial charge in [-0.25, -0.2) is 0 Å². The summed E-state index contributed by atoms with van der Waals surface area (Å²) in [5.74, 6) is 0. The Hall–Kier alpha value is -2.42. The molecular weight excluding hydrogens is 304 g/mol. The minimum absolute atomic E-state index is 0.347. The van der Waals surface area contributed by atoms with E-state index in [4.69, 9.17) is 0 Å². The molecule has 126 valence electrons. The zero-order chi connectivity index (χ0) is 17.0. The van der Waals surface area contributed by atoms with Gasteiger partial charge in [0.05, 0.1) is 5.54 Å². The van der Waals surface area contributed by atoms with Gasteiger partial charge in [0.25, 0.3) is 0 Å². The summed E-state index contributed by atoms with van der Waals surface area (Å²) in [6, 6.07) is 32.9. The van der Waals surface area contributed by atoms with E-state index in [1.807, 2.05) is 0 Å². The van der Waals surface area contributed by atoms with E-state index in [0.717, 1.165) is 19.5 Å². The van der Waals surface area contributed by atoms with Crippen molar-refractivity contribution in [3.05, 3.63) is 108 Å². The van der Waals surface area contributed by atoms with Crippen LogP contribution < -0.4 is 10.6 Å². The third-order valence-corrected chi connectivity index (χ3v) is 5.10. The van der Waals surface area contributed by atoms with Gasteiger partial charge in [0.1, 0.15) is 0 Å². The second kappa shape index (κ2) is 7.22. The molecule has 2 nitrogen and oxygen atoms in total. The van der Waals surface area contributed by atoms with Crippen molar-refractivity contribution in [2.45, 2.75) is 18.0 Å². The lowest BCUT2D eigenvalue weighted by Crippen LogP contribution is -2.50. The molecule has 1 aliphatic heterocycles. The van der Waals surface area contributed by atoms with Crippen LogP contribution in [0.4, 0.5) is 0 Å². The van der Waals surface area contributed by atoms with Crippen LogP contribution in [0.25, 0.3) is 0 Å². The van der Waals surface area contributed by atoms with Crippen molar-refractivity contribution in [2.75, 3.05) is 13.1 Å². The predicted molar refractivity (Wildman–Crippen MR) is 104 cm³/mol. The van der Waals surface area contributed by atoms with Gasteiger partial charge in [-0.15, -0.1) is 0 Å². The molecule has 2 N–H and O–H groups in total. The second-order valence-electron chi connectivity index (χ2n) is 6.68. The smallest absolute Gasteiger partial charge is 0.0950 e. The highest BCUT2D eigenvalue weighted by molar-refractivity contribution is 5.49. The molecule has 0 aliphatic carbocycles. The van der Waals surface area contributed by atoms with Crippen LogP contribution in [0.15, 0.2) is 91.0 Å². The topological polar surface area (TPSA) is 24.1 Å². The first-order valence-electron chi connectivity index (χ1n) is 9.04. The van der Waals surface area contributed by atoms with Crippen LogP contribution in [-0.4, -0.2) is 19.1 Å².